The van der Waals surface area contributed by atoms with Gasteiger partial charge in [-0.15, -0.1) is 0 Å². The van der Waals surface area contributed by atoms with E-state index in [-0.39, 0.29) is 0 Å². The van der Waals surface area contributed by atoms with Crippen molar-refractivity contribution in [1.29, 1.82) is 0 Å². The maximum atomic E-state index is 6.49. The Morgan fingerprint density at radius 1 is 1.33 bits per heavy atom. The number of rotatable bonds is 9. The van der Waals surface area contributed by atoms with Crippen molar-refractivity contribution in [3.05, 3.63) is 28.8 Å². The number of hydrogen-bond acceptors (Lipinski definition) is 2. The number of anilines is 1. The Balaban J connectivity index is 2.21. The van der Waals surface area contributed by atoms with Crippen LogP contribution in [-0.2, 0) is 6.54 Å². The third kappa shape index (κ3) is 4.62. The Morgan fingerprint density at radius 3 is 2.71 bits per heavy atom. The first kappa shape index (κ1) is 16.6. The molecule has 0 saturated heterocycles. The van der Waals surface area contributed by atoms with Crippen molar-refractivity contribution in [3.63, 3.8) is 0 Å². The zero-order chi connectivity index (χ0) is 15.2. The van der Waals surface area contributed by atoms with Gasteiger partial charge in [-0.1, -0.05) is 37.9 Å². The zero-order valence-electron chi connectivity index (χ0n) is 13.7. The van der Waals surface area contributed by atoms with Gasteiger partial charge in [-0.05, 0) is 44.7 Å². The second-order valence-corrected chi connectivity index (χ2v) is 6.60. The number of halogens is 1. The van der Waals surface area contributed by atoms with E-state index in [1.165, 1.54) is 36.9 Å². The van der Waals surface area contributed by atoms with Crippen molar-refractivity contribution in [3.8, 4) is 0 Å². The number of nitrogens with zero attached hydrogens (tertiary/aromatic N) is 1. The van der Waals surface area contributed by atoms with Crippen molar-refractivity contribution >= 4 is 17.3 Å². The van der Waals surface area contributed by atoms with Gasteiger partial charge in [0.2, 0.25) is 0 Å². The first-order chi connectivity index (χ1) is 10.2. The minimum atomic E-state index is 0.551. The second kappa shape index (κ2) is 8.05. The molecule has 0 spiro atoms. The standard InChI is InChI=1S/C18H29ClN2/c1-4-6-12-21(14(3)5-2)18-9-7-8-17(19)16(18)13-20-15-10-11-15/h7-9,14-15,20H,4-6,10-13H2,1-3H3. The molecule has 1 aromatic rings. The predicted molar refractivity (Wildman–Crippen MR) is 93.3 cm³/mol. The summed E-state index contributed by atoms with van der Waals surface area (Å²) in [4.78, 5) is 2.54. The molecule has 1 aliphatic rings. The number of unbranched alkanes of at least 4 members (excludes halogenated alkanes) is 1. The topological polar surface area (TPSA) is 15.3 Å². The number of benzene rings is 1. The van der Waals surface area contributed by atoms with E-state index in [0.717, 1.165) is 24.5 Å². The largest absolute Gasteiger partial charge is 0.369 e. The van der Waals surface area contributed by atoms with Crippen LogP contribution in [0.2, 0.25) is 5.02 Å². The third-order valence-electron chi connectivity index (χ3n) is 4.42. The van der Waals surface area contributed by atoms with Gasteiger partial charge in [-0.2, -0.15) is 0 Å². The second-order valence-electron chi connectivity index (χ2n) is 6.20. The van der Waals surface area contributed by atoms with Gasteiger partial charge in [-0.25, -0.2) is 0 Å². The highest BCUT2D eigenvalue weighted by atomic mass is 35.5. The van der Waals surface area contributed by atoms with Crippen molar-refractivity contribution in [2.24, 2.45) is 0 Å². The molecule has 2 nitrogen and oxygen atoms in total. The first-order valence-corrected chi connectivity index (χ1v) is 8.82. The maximum Gasteiger partial charge on any atom is 0.0471 e. The average molecular weight is 309 g/mol. The van der Waals surface area contributed by atoms with E-state index in [2.05, 4.69) is 43.1 Å². The van der Waals surface area contributed by atoms with Crippen LogP contribution in [0.3, 0.4) is 0 Å². The van der Waals surface area contributed by atoms with Crippen molar-refractivity contribution in [1.82, 2.24) is 5.32 Å². The highest BCUT2D eigenvalue weighted by molar-refractivity contribution is 6.31. The summed E-state index contributed by atoms with van der Waals surface area (Å²) in [7, 11) is 0. The molecular weight excluding hydrogens is 280 g/mol. The van der Waals surface area contributed by atoms with E-state index in [9.17, 15) is 0 Å². The summed E-state index contributed by atoms with van der Waals surface area (Å²) in [6, 6.07) is 7.59. The van der Waals surface area contributed by atoms with E-state index in [4.69, 9.17) is 11.6 Å². The van der Waals surface area contributed by atoms with Gasteiger partial charge in [0.1, 0.15) is 0 Å². The molecule has 1 fully saturated rings. The fourth-order valence-corrected chi connectivity index (χ4v) is 2.89. The van der Waals surface area contributed by atoms with Gasteiger partial charge < -0.3 is 10.2 Å². The van der Waals surface area contributed by atoms with Gasteiger partial charge in [0.25, 0.3) is 0 Å². The molecule has 0 heterocycles. The van der Waals surface area contributed by atoms with Crippen LogP contribution in [0.4, 0.5) is 5.69 Å². The van der Waals surface area contributed by atoms with Crippen molar-refractivity contribution in [2.45, 2.75) is 71.5 Å². The third-order valence-corrected chi connectivity index (χ3v) is 4.78. The molecule has 0 aliphatic heterocycles. The number of hydrogen-bond donors (Lipinski definition) is 1. The van der Waals surface area contributed by atoms with Gasteiger partial charge in [-0.3, -0.25) is 0 Å². The normalized spacial score (nSPS) is 16.0. The van der Waals surface area contributed by atoms with E-state index in [1.807, 2.05) is 6.07 Å². The lowest BCUT2D eigenvalue weighted by Gasteiger charge is -2.33. The van der Waals surface area contributed by atoms with E-state index in [0.29, 0.717) is 12.1 Å². The molecule has 1 aromatic carbocycles. The molecule has 1 N–H and O–H groups in total. The quantitative estimate of drug-likeness (QED) is 0.691. The molecule has 0 radical (unpaired) electrons. The highest BCUT2D eigenvalue weighted by Crippen LogP contribution is 2.31. The van der Waals surface area contributed by atoms with Crippen LogP contribution in [0, 0.1) is 0 Å². The Hall–Kier alpha value is -0.730. The number of nitrogens with one attached hydrogen (secondary N) is 1. The maximum absolute atomic E-state index is 6.49. The molecule has 21 heavy (non-hydrogen) atoms. The van der Waals surface area contributed by atoms with Crippen LogP contribution in [0.5, 0.6) is 0 Å². The van der Waals surface area contributed by atoms with Crippen LogP contribution in [0.15, 0.2) is 18.2 Å². The summed E-state index contributed by atoms with van der Waals surface area (Å²) in [5, 5.41) is 4.50. The molecule has 0 amide bonds. The van der Waals surface area contributed by atoms with Crippen LogP contribution in [0.25, 0.3) is 0 Å². The average Bonchev–Trinajstić information content (AvgIpc) is 3.30. The molecule has 2 rings (SSSR count). The van der Waals surface area contributed by atoms with Crippen LogP contribution >= 0.6 is 11.6 Å². The fourth-order valence-electron chi connectivity index (χ4n) is 2.65. The summed E-state index contributed by atoms with van der Waals surface area (Å²) in [5.41, 5.74) is 2.58. The lowest BCUT2D eigenvalue weighted by molar-refractivity contribution is 0.590. The monoisotopic (exact) mass is 308 g/mol. The molecule has 0 aromatic heterocycles. The zero-order valence-corrected chi connectivity index (χ0v) is 14.4. The molecule has 3 heteroatoms. The van der Waals surface area contributed by atoms with Crippen molar-refractivity contribution in [2.75, 3.05) is 11.4 Å². The summed E-state index contributed by atoms with van der Waals surface area (Å²) >= 11 is 6.49. The minimum absolute atomic E-state index is 0.551. The smallest absolute Gasteiger partial charge is 0.0471 e. The lowest BCUT2D eigenvalue weighted by atomic mass is 10.1. The van der Waals surface area contributed by atoms with Gasteiger partial charge in [0.05, 0.1) is 0 Å². The van der Waals surface area contributed by atoms with Crippen LogP contribution < -0.4 is 10.2 Å². The van der Waals surface area contributed by atoms with E-state index < -0.39 is 0 Å². The Labute approximate surface area is 134 Å². The van der Waals surface area contributed by atoms with Crippen LogP contribution in [0.1, 0.15) is 58.4 Å². The summed E-state index contributed by atoms with van der Waals surface area (Å²) in [6.45, 7) is 8.83. The van der Waals surface area contributed by atoms with Gasteiger partial charge in [0.15, 0.2) is 0 Å². The molecule has 1 unspecified atom stereocenters. The molecular formula is C18H29ClN2. The lowest BCUT2D eigenvalue weighted by Crippen LogP contribution is -2.35. The SMILES string of the molecule is CCCCN(c1cccc(Cl)c1CNC1CC1)C(C)CC. The van der Waals surface area contributed by atoms with Crippen LogP contribution in [-0.4, -0.2) is 18.6 Å². The summed E-state index contributed by atoms with van der Waals surface area (Å²) in [6.07, 6.45) is 6.23. The molecule has 1 atom stereocenters. The predicted octanol–water partition coefficient (Wildman–Crippen LogP) is 5.00. The fraction of sp³-hybridized carbons (Fsp3) is 0.667. The highest BCUT2D eigenvalue weighted by Gasteiger charge is 2.23. The van der Waals surface area contributed by atoms with E-state index >= 15 is 0 Å². The van der Waals surface area contributed by atoms with Gasteiger partial charge in [0, 0.05) is 41.4 Å². The Morgan fingerprint density at radius 2 is 2.10 bits per heavy atom. The minimum Gasteiger partial charge on any atom is -0.369 e. The summed E-state index contributed by atoms with van der Waals surface area (Å²) in [5.74, 6) is 0. The molecule has 1 aliphatic carbocycles. The summed E-state index contributed by atoms with van der Waals surface area (Å²) < 4.78 is 0. The van der Waals surface area contributed by atoms with Gasteiger partial charge >= 0.3 is 0 Å². The van der Waals surface area contributed by atoms with E-state index in [1.54, 1.807) is 0 Å². The molecule has 1 saturated carbocycles. The molecule has 118 valence electrons. The molecule has 0 bridgehead atoms. The Kier molecular flexibility index (Phi) is 6.38. The first-order valence-electron chi connectivity index (χ1n) is 8.44. The van der Waals surface area contributed by atoms with Crippen molar-refractivity contribution < 1.29 is 0 Å². The Bertz CT molecular complexity index is 443.